The van der Waals surface area contributed by atoms with Gasteiger partial charge in [0.1, 0.15) is 0 Å². The second-order valence-corrected chi connectivity index (χ2v) is 27.2. The number of aliphatic hydroxyl groups excluding tert-OH is 4. The van der Waals surface area contributed by atoms with E-state index in [1.54, 1.807) is 0 Å². The number of thioether (sulfide) groups is 2. The average Bonchev–Trinajstić information content (AvgIpc) is 3.46. The maximum Gasteiger partial charge on any atom is 0.189 e. The molecule has 12 heteroatoms. The van der Waals surface area contributed by atoms with E-state index in [0.29, 0.717) is 103 Å². The van der Waals surface area contributed by atoms with E-state index in [2.05, 4.69) is 37.5 Å². The van der Waals surface area contributed by atoms with Crippen molar-refractivity contribution in [1.82, 2.24) is 9.80 Å². The molecule has 490 valence electrons. The molecule has 0 bridgehead atoms. The van der Waals surface area contributed by atoms with Crippen LogP contribution in [-0.2, 0) is 19.1 Å². The summed E-state index contributed by atoms with van der Waals surface area (Å²) < 4.78 is 11.5. The van der Waals surface area contributed by atoms with E-state index in [0.717, 1.165) is 51.4 Å². The molecule has 0 spiro atoms. The fourth-order valence-electron chi connectivity index (χ4n) is 11.3. The molecule has 0 saturated heterocycles. The minimum absolute atomic E-state index is 0.153. The van der Waals surface area contributed by atoms with Crippen LogP contribution in [0.2, 0.25) is 0 Å². The van der Waals surface area contributed by atoms with Gasteiger partial charge in [0.15, 0.2) is 10.2 Å². The molecule has 4 atom stereocenters. The van der Waals surface area contributed by atoms with Gasteiger partial charge in [0.05, 0.1) is 50.8 Å². The van der Waals surface area contributed by atoms with Crippen LogP contribution in [0.1, 0.15) is 336 Å². The van der Waals surface area contributed by atoms with Gasteiger partial charge in [-0.1, -0.05) is 308 Å². The van der Waals surface area contributed by atoms with Crippen LogP contribution in [0.3, 0.4) is 0 Å². The minimum atomic E-state index is -0.413. The number of carbonyl (C=O) groups excluding carboxylic acids is 2. The summed E-state index contributed by atoms with van der Waals surface area (Å²) in [5, 5.41) is 44.5. The molecule has 0 saturated carbocycles. The molecule has 0 radical (unpaired) electrons. The third-order valence-electron chi connectivity index (χ3n) is 16.5. The molecule has 0 fully saturated rings. The first-order chi connectivity index (χ1) is 40.1. The molecule has 0 aromatic rings. The summed E-state index contributed by atoms with van der Waals surface area (Å²) in [4.78, 5) is 30.1. The Morgan fingerprint density at radius 2 is 0.512 bits per heavy atom. The van der Waals surface area contributed by atoms with E-state index >= 15 is 0 Å². The highest BCUT2D eigenvalue weighted by molar-refractivity contribution is 8.13. The molecular formula is C70H140N2O8S2. The molecule has 0 rings (SSSR count). The third-order valence-corrected chi connectivity index (χ3v) is 18.3. The number of rotatable bonds is 69. The molecule has 4 unspecified atom stereocenters. The van der Waals surface area contributed by atoms with Crippen molar-refractivity contribution in [2.75, 3.05) is 77.2 Å². The highest BCUT2D eigenvalue weighted by Gasteiger charge is 2.19. The van der Waals surface area contributed by atoms with Crippen molar-refractivity contribution in [2.45, 2.75) is 360 Å². The Morgan fingerprint density at radius 1 is 0.305 bits per heavy atom. The summed E-state index contributed by atoms with van der Waals surface area (Å²) in [6, 6.07) is 0. The Hall–Kier alpha value is -0.280. The summed E-state index contributed by atoms with van der Waals surface area (Å²) in [5.41, 5.74) is 0. The molecule has 10 nitrogen and oxygen atoms in total. The van der Waals surface area contributed by atoms with E-state index in [4.69, 9.17) is 9.47 Å². The zero-order valence-electron chi connectivity index (χ0n) is 54.9. The summed E-state index contributed by atoms with van der Waals surface area (Å²) >= 11 is 2.63. The quantitative estimate of drug-likeness (QED) is 0.0431. The molecule has 82 heavy (non-hydrogen) atoms. The van der Waals surface area contributed by atoms with Gasteiger partial charge in [-0.25, -0.2) is 0 Å². The number of carbonyl (C=O) groups is 2. The van der Waals surface area contributed by atoms with Crippen molar-refractivity contribution >= 4 is 33.8 Å². The van der Waals surface area contributed by atoms with Gasteiger partial charge in [0.2, 0.25) is 0 Å². The molecule has 0 aliphatic rings. The van der Waals surface area contributed by atoms with E-state index in [1.165, 1.54) is 255 Å². The predicted molar refractivity (Wildman–Crippen MR) is 358 cm³/mol. The lowest BCUT2D eigenvalue weighted by Crippen LogP contribution is -2.38. The Balaban J connectivity index is 4.56. The predicted octanol–water partition coefficient (Wildman–Crippen LogP) is 18.4. The molecule has 0 aliphatic heterocycles. The van der Waals surface area contributed by atoms with Crippen molar-refractivity contribution in [3.63, 3.8) is 0 Å². The molecule has 0 aliphatic carbocycles. The van der Waals surface area contributed by atoms with Gasteiger partial charge in [-0.2, -0.15) is 0 Å². The summed E-state index contributed by atoms with van der Waals surface area (Å²) in [5.74, 6) is 1.19. The zero-order valence-corrected chi connectivity index (χ0v) is 56.5. The molecular weight excluding hydrogens is 1060 g/mol. The second-order valence-electron chi connectivity index (χ2n) is 24.9. The van der Waals surface area contributed by atoms with Crippen LogP contribution < -0.4 is 0 Å². The van der Waals surface area contributed by atoms with Gasteiger partial charge in [0.25, 0.3) is 0 Å². The number of ether oxygens (including phenoxy) is 2. The van der Waals surface area contributed by atoms with Crippen LogP contribution in [0.15, 0.2) is 0 Å². The van der Waals surface area contributed by atoms with Gasteiger partial charge < -0.3 is 29.9 Å². The average molecular weight is 1200 g/mol. The normalized spacial score (nSPS) is 13.4. The fourth-order valence-corrected chi connectivity index (χ4v) is 12.8. The van der Waals surface area contributed by atoms with Crippen LogP contribution in [0.5, 0.6) is 0 Å². The molecule has 4 N–H and O–H groups in total. The third kappa shape index (κ3) is 62.8. The van der Waals surface area contributed by atoms with Crippen molar-refractivity contribution in [1.29, 1.82) is 0 Å². The lowest BCUT2D eigenvalue weighted by atomic mass is 10.0. The maximum absolute atomic E-state index is 12.8. The fraction of sp³-hybridized carbons (Fsp3) is 0.971. The van der Waals surface area contributed by atoms with Crippen LogP contribution in [-0.4, -0.2) is 142 Å². The summed E-state index contributed by atoms with van der Waals surface area (Å²) in [7, 11) is 0. The van der Waals surface area contributed by atoms with Crippen LogP contribution in [0.25, 0.3) is 0 Å². The SMILES string of the molecule is CCCCCCCCCCCCC(O)CN(CCCC(=O)SCCOCCOCCSC(=O)CCCN(CC(O)CCCCCCCCCCCC)CC(O)CCCCCCCCCCCC)CC(O)CCCCCCCCCCCC. The van der Waals surface area contributed by atoms with Gasteiger partial charge in [-0.15, -0.1) is 0 Å². The topological polar surface area (TPSA) is 140 Å². The Labute approximate surface area is 517 Å². The van der Waals surface area contributed by atoms with Gasteiger partial charge >= 0.3 is 0 Å². The number of unbranched alkanes of at least 4 members (excludes halogenated alkanes) is 36. The minimum Gasteiger partial charge on any atom is -0.392 e. The second kappa shape index (κ2) is 66.7. The van der Waals surface area contributed by atoms with E-state index < -0.39 is 24.4 Å². The monoisotopic (exact) mass is 1200 g/mol. The Bertz CT molecular complexity index is 1130. The summed E-state index contributed by atoms with van der Waals surface area (Å²) in [6.45, 7) is 14.5. The van der Waals surface area contributed by atoms with Crippen molar-refractivity contribution < 1.29 is 39.5 Å². The first-order valence-electron chi connectivity index (χ1n) is 35.8. The van der Waals surface area contributed by atoms with Crippen LogP contribution in [0, 0.1) is 0 Å². The lowest BCUT2D eigenvalue weighted by Gasteiger charge is -2.27. The number of hydrogen-bond acceptors (Lipinski definition) is 12. The van der Waals surface area contributed by atoms with Crippen molar-refractivity contribution in [3.8, 4) is 0 Å². The maximum atomic E-state index is 12.8. The van der Waals surface area contributed by atoms with Gasteiger partial charge in [0, 0.05) is 50.5 Å². The van der Waals surface area contributed by atoms with Crippen molar-refractivity contribution in [2.24, 2.45) is 0 Å². The Kier molecular flexibility index (Phi) is 66.4. The van der Waals surface area contributed by atoms with Gasteiger partial charge in [-0.05, 0) is 51.6 Å². The Morgan fingerprint density at radius 3 is 0.732 bits per heavy atom. The van der Waals surface area contributed by atoms with Gasteiger partial charge in [-0.3, -0.25) is 19.4 Å². The highest BCUT2D eigenvalue weighted by atomic mass is 32.2. The molecule has 0 amide bonds. The van der Waals surface area contributed by atoms with Crippen LogP contribution >= 0.6 is 23.5 Å². The lowest BCUT2D eigenvalue weighted by molar-refractivity contribution is -0.112. The number of aliphatic hydroxyl groups is 4. The molecule has 0 aromatic heterocycles. The smallest absolute Gasteiger partial charge is 0.189 e. The standard InChI is InChI=1S/C70H140N2O8S2/c1-5-9-13-17-21-25-29-33-37-41-47-65(73)61-71(62-66(74)48-42-38-34-30-26-22-18-14-10-6-2)53-45-51-69(77)81-59-57-79-55-56-80-58-60-82-70(78)52-46-54-72(63-67(75)49-43-39-35-31-27-23-19-15-11-7-3)64-68(76)50-44-40-36-32-28-24-20-16-12-8-4/h65-68,73-76H,5-64H2,1-4H3. The van der Waals surface area contributed by atoms with Crippen molar-refractivity contribution in [3.05, 3.63) is 0 Å². The van der Waals surface area contributed by atoms with E-state index in [1.807, 2.05) is 0 Å². The number of hydrogen-bond donors (Lipinski definition) is 4. The highest BCUT2D eigenvalue weighted by Crippen LogP contribution is 2.19. The molecule has 0 heterocycles. The van der Waals surface area contributed by atoms with E-state index in [9.17, 15) is 30.0 Å². The van der Waals surface area contributed by atoms with E-state index in [-0.39, 0.29) is 10.2 Å². The first kappa shape index (κ1) is 81.7. The summed E-state index contributed by atoms with van der Waals surface area (Å²) in [6.07, 6.45) is 55.0. The largest absolute Gasteiger partial charge is 0.392 e. The first-order valence-corrected chi connectivity index (χ1v) is 37.8. The molecule has 0 aromatic carbocycles. The zero-order chi connectivity index (χ0) is 59.9. The van der Waals surface area contributed by atoms with Crippen LogP contribution in [0.4, 0.5) is 0 Å². The number of nitrogens with zero attached hydrogens (tertiary/aromatic N) is 2.